The highest BCUT2D eigenvalue weighted by atomic mass is 16.5. The lowest BCUT2D eigenvalue weighted by molar-refractivity contribution is 0.0691. The Hall–Kier alpha value is -1.84. The second kappa shape index (κ2) is 5.01. The Morgan fingerprint density at radius 3 is 3.14 bits per heavy atom. The Morgan fingerprint density at radius 1 is 1.71 bits per heavy atom. The predicted octanol–water partition coefficient (Wildman–Crippen LogP) is 1.73. The van der Waals surface area contributed by atoms with E-state index in [4.69, 9.17) is 9.84 Å². The lowest BCUT2D eigenvalue weighted by Gasteiger charge is -2.05. The van der Waals surface area contributed by atoms with Gasteiger partial charge in [-0.25, -0.2) is 9.78 Å². The first-order chi connectivity index (χ1) is 6.75. The predicted molar refractivity (Wildman–Crippen MR) is 51.5 cm³/mol. The molecule has 0 aliphatic rings. The number of aromatic carboxylic acids is 1. The first kappa shape index (κ1) is 10.2. The van der Waals surface area contributed by atoms with Gasteiger partial charge in [0.1, 0.15) is 5.56 Å². The van der Waals surface area contributed by atoms with Crippen molar-refractivity contribution >= 4 is 5.97 Å². The zero-order chi connectivity index (χ0) is 10.4. The molecular formula is C10H11NO3. The maximum Gasteiger partial charge on any atom is 0.341 e. The number of nitrogens with zero attached hydrogens (tertiary/aromatic N) is 1. The SMILES string of the molecule is C=CCCOc1ncccc1C(=O)O. The second-order valence-corrected chi connectivity index (χ2v) is 2.59. The molecule has 0 radical (unpaired) electrons. The molecule has 74 valence electrons. The molecule has 0 amide bonds. The number of pyridine rings is 1. The van der Waals surface area contributed by atoms with Gasteiger partial charge in [-0.1, -0.05) is 6.08 Å². The summed E-state index contributed by atoms with van der Waals surface area (Å²) < 4.78 is 5.18. The molecule has 0 saturated carbocycles. The summed E-state index contributed by atoms with van der Waals surface area (Å²) in [4.78, 5) is 14.5. The molecule has 1 rings (SSSR count). The molecule has 0 spiro atoms. The molecule has 0 bridgehead atoms. The van der Waals surface area contributed by atoms with Crippen LogP contribution in [0.4, 0.5) is 0 Å². The average molecular weight is 193 g/mol. The summed E-state index contributed by atoms with van der Waals surface area (Å²) in [6, 6.07) is 3.02. The molecular weight excluding hydrogens is 182 g/mol. The summed E-state index contributed by atoms with van der Waals surface area (Å²) in [6.07, 6.45) is 3.86. The highest BCUT2D eigenvalue weighted by molar-refractivity contribution is 5.90. The normalized spacial score (nSPS) is 9.43. The van der Waals surface area contributed by atoms with Crippen LogP contribution in [0.15, 0.2) is 31.0 Å². The first-order valence-corrected chi connectivity index (χ1v) is 4.17. The number of aromatic nitrogens is 1. The van der Waals surface area contributed by atoms with Gasteiger partial charge in [0.2, 0.25) is 5.88 Å². The van der Waals surface area contributed by atoms with Crippen molar-refractivity contribution in [3.8, 4) is 5.88 Å². The topological polar surface area (TPSA) is 59.4 Å². The highest BCUT2D eigenvalue weighted by Crippen LogP contribution is 2.13. The minimum Gasteiger partial charge on any atom is -0.477 e. The third kappa shape index (κ3) is 2.58. The Balaban J connectivity index is 2.74. The Labute approximate surface area is 81.9 Å². The van der Waals surface area contributed by atoms with E-state index >= 15 is 0 Å². The number of carbonyl (C=O) groups is 1. The van der Waals surface area contributed by atoms with Crippen LogP contribution in [0.3, 0.4) is 0 Å². The van der Waals surface area contributed by atoms with Gasteiger partial charge in [0.05, 0.1) is 6.61 Å². The summed E-state index contributed by atoms with van der Waals surface area (Å²) in [5, 5.41) is 8.78. The zero-order valence-corrected chi connectivity index (χ0v) is 7.64. The molecule has 1 heterocycles. The van der Waals surface area contributed by atoms with Crippen LogP contribution in [0.25, 0.3) is 0 Å². The van der Waals surface area contributed by atoms with Gasteiger partial charge in [-0.2, -0.15) is 0 Å². The third-order valence-electron chi connectivity index (χ3n) is 1.56. The lowest BCUT2D eigenvalue weighted by atomic mass is 10.3. The van der Waals surface area contributed by atoms with Crippen LogP contribution in [0.1, 0.15) is 16.8 Å². The van der Waals surface area contributed by atoms with Crippen LogP contribution >= 0.6 is 0 Å². The number of carboxylic acids is 1. The highest BCUT2D eigenvalue weighted by Gasteiger charge is 2.10. The van der Waals surface area contributed by atoms with Crippen LogP contribution in [0, 0.1) is 0 Å². The fraction of sp³-hybridized carbons (Fsp3) is 0.200. The van der Waals surface area contributed by atoms with Gasteiger partial charge in [0, 0.05) is 6.20 Å². The van der Waals surface area contributed by atoms with Crippen molar-refractivity contribution in [3.63, 3.8) is 0 Å². The van der Waals surface area contributed by atoms with E-state index in [-0.39, 0.29) is 11.4 Å². The summed E-state index contributed by atoms with van der Waals surface area (Å²) >= 11 is 0. The van der Waals surface area contributed by atoms with Gasteiger partial charge in [0.25, 0.3) is 0 Å². The number of carboxylic acid groups (broad SMARTS) is 1. The molecule has 0 saturated heterocycles. The van der Waals surface area contributed by atoms with E-state index in [0.29, 0.717) is 13.0 Å². The Kier molecular flexibility index (Phi) is 3.67. The smallest absolute Gasteiger partial charge is 0.341 e. The molecule has 14 heavy (non-hydrogen) atoms. The minimum absolute atomic E-state index is 0.0802. The van der Waals surface area contributed by atoms with Crippen molar-refractivity contribution in [1.29, 1.82) is 0 Å². The van der Waals surface area contributed by atoms with Gasteiger partial charge < -0.3 is 9.84 Å². The number of hydrogen-bond donors (Lipinski definition) is 1. The van der Waals surface area contributed by atoms with Gasteiger partial charge in [-0.3, -0.25) is 0 Å². The molecule has 1 aromatic rings. The second-order valence-electron chi connectivity index (χ2n) is 2.59. The monoisotopic (exact) mass is 193 g/mol. The average Bonchev–Trinajstić information content (AvgIpc) is 2.19. The summed E-state index contributed by atoms with van der Waals surface area (Å²) in [5.41, 5.74) is 0.0802. The van der Waals surface area contributed by atoms with Crippen LogP contribution < -0.4 is 4.74 Å². The zero-order valence-electron chi connectivity index (χ0n) is 7.64. The molecule has 0 aromatic carbocycles. The van der Waals surface area contributed by atoms with E-state index in [1.807, 2.05) is 0 Å². The van der Waals surface area contributed by atoms with Crippen LogP contribution in [-0.4, -0.2) is 22.7 Å². The Morgan fingerprint density at radius 2 is 2.50 bits per heavy atom. The Bertz CT molecular complexity index is 336. The summed E-state index contributed by atoms with van der Waals surface area (Å²) in [6.45, 7) is 3.92. The minimum atomic E-state index is -1.04. The fourth-order valence-electron chi connectivity index (χ4n) is 0.908. The van der Waals surface area contributed by atoms with Crippen molar-refractivity contribution in [3.05, 3.63) is 36.5 Å². The fourth-order valence-corrected chi connectivity index (χ4v) is 0.908. The molecule has 4 heteroatoms. The first-order valence-electron chi connectivity index (χ1n) is 4.17. The van der Waals surface area contributed by atoms with Crippen molar-refractivity contribution in [2.75, 3.05) is 6.61 Å². The third-order valence-corrected chi connectivity index (χ3v) is 1.56. The van der Waals surface area contributed by atoms with E-state index < -0.39 is 5.97 Å². The van der Waals surface area contributed by atoms with E-state index in [0.717, 1.165) is 0 Å². The molecule has 0 aliphatic carbocycles. The molecule has 0 aliphatic heterocycles. The standard InChI is InChI=1S/C10H11NO3/c1-2-3-7-14-9-8(10(12)13)5-4-6-11-9/h2,4-6H,1,3,7H2,(H,12,13). The van der Waals surface area contributed by atoms with Crippen molar-refractivity contribution in [2.45, 2.75) is 6.42 Å². The molecule has 0 fully saturated rings. The van der Waals surface area contributed by atoms with Gasteiger partial charge in [-0.15, -0.1) is 6.58 Å². The van der Waals surface area contributed by atoms with E-state index in [1.165, 1.54) is 12.3 Å². The van der Waals surface area contributed by atoms with E-state index in [2.05, 4.69) is 11.6 Å². The maximum absolute atomic E-state index is 10.7. The number of rotatable bonds is 5. The molecule has 1 aromatic heterocycles. The van der Waals surface area contributed by atoms with Gasteiger partial charge in [0.15, 0.2) is 0 Å². The summed E-state index contributed by atoms with van der Waals surface area (Å²) in [7, 11) is 0. The van der Waals surface area contributed by atoms with Crippen molar-refractivity contribution in [1.82, 2.24) is 4.98 Å². The van der Waals surface area contributed by atoms with Gasteiger partial charge >= 0.3 is 5.97 Å². The van der Waals surface area contributed by atoms with Crippen LogP contribution in [0.2, 0.25) is 0 Å². The van der Waals surface area contributed by atoms with E-state index in [1.54, 1.807) is 12.1 Å². The maximum atomic E-state index is 10.7. The molecule has 4 nitrogen and oxygen atoms in total. The number of ether oxygens (including phenoxy) is 1. The largest absolute Gasteiger partial charge is 0.477 e. The van der Waals surface area contributed by atoms with Gasteiger partial charge in [-0.05, 0) is 18.6 Å². The number of hydrogen-bond acceptors (Lipinski definition) is 3. The van der Waals surface area contributed by atoms with Crippen LogP contribution in [0.5, 0.6) is 5.88 Å². The van der Waals surface area contributed by atoms with Crippen molar-refractivity contribution < 1.29 is 14.6 Å². The molecule has 0 unspecified atom stereocenters. The molecule has 0 atom stereocenters. The van der Waals surface area contributed by atoms with Crippen molar-refractivity contribution in [2.24, 2.45) is 0 Å². The van der Waals surface area contributed by atoms with Crippen LogP contribution in [-0.2, 0) is 0 Å². The summed E-state index contributed by atoms with van der Waals surface area (Å²) in [5.74, 6) is -0.881. The lowest BCUT2D eigenvalue weighted by Crippen LogP contribution is -2.05. The quantitative estimate of drug-likeness (QED) is 0.571. The molecule has 1 N–H and O–H groups in total. The van der Waals surface area contributed by atoms with E-state index in [9.17, 15) is 4.79 Å².